The molecule has 0 bridgehead atoms. The highest BCUT2D eigenvalue weighted by molar-refractivity contribution is 5.00. The molecule has 2 nitrogen and oxygen atoms in total. The number of aliphatic hydroxyl groups excluding tert-OH is 1. The van der Waals surface area contributed by atoms with E-state index in [0.717, 1.165) is 0 Å². The second-order valence-electron chi connectivity index (χ2n) is 5.81. The highest BCUT2D eigenvalue weighted by Gasteiger charge is 2.51. The number of hydrogen-bond acceptors (Lipinski definition) is 2. The topological polar surface area (TPSA) is 46.2 Å². The van der Waals surface area contributed by atoms with Gasteiger partial charge in [-0.2, -0.15) is 13.2 Å². The molecule has 3 N–H and O–H groups in total. The van der Waals surface area contributed by atoms with Crippen LogP contribution in [0.1, 0.15) is 46.0 Å². The van der Waals surface area contributed by atoms with Crippen LogP contribution in [0, 0.1) is 11.3 Å². The molecule has 1 saturated carbocycles. The molecule has 0 aromatic heterocycles. The van der Waals surface area contributed by atoms with Crippen LogP contribution < -0.4 is 5.73 Å². The summed E-state index contributed by atoms with van der Waals surface area (Å²) in [4.78, 5) is 0. The normalized spacial score (nSPS) is 31.6. The second-order valence-corrected chi connectivity index (χ2v) is 5.81. The Morgan fingerprint density at radius 3 is 2.35 bits per heavy atom. The summed E-state index contributed by atoms with van der Waals surface area (Å²) in [5.41, 5.74) is 4.77. The van der Waals surface area contributed by atoms with Crippen molar-refractivity contribution in [1.82, 2.24) is 0 Å². The zero-order valence-electron chi connectivity index (χ0n) is 10.5. The van der Waals surface area contributed by atoms with Gasteiger partial charge < -0.3 is 10.8 Å². The average Bonchev–Trinajstić information content (AvgIpc) is 2.15. The van der Waals surface area contributed by atoms with Crippen molar-refractivity contribution in [3.05, 3.63) is 0 Å². The van der Waals surface area contributed by atoms with Gasteiger partial charge in [-0.05, 0) is 44.9 Å². The minimum Gasteiger partial charge on any atom is -0.396 e. The van der Waals surface area contributed by atoms with Gasteiger partial charge in [0.2, 0.25) is 0 Å². The third-order valence-electron chi connectivity index (χ3n) is 4.27. The summed E-state index contributed by atoms with van der Waals surface area (Å²) in [6.45, 7) is 3.42. The molecular weight excluding hydrogens is 231 g/mol. The number of hydrogen-bond donors (Lipinski definition) is 2. The molecule has 5 heteroatoms. The van der Waals surface area contributed by atoms with Crippen LogP contribution in [-0.4, -0.2) is 23.4 Å². The van der Waals surface area contributed by atoms with E-state index in [1.165, 1.54) is 0 Å². The van der Waals surface area contributed by atoms with Crippen LogP contribution in [-0.2, 0) is 0 Å². The molecule has 0 radical (unpaired) electrons. The lowest BCUT2D eigenvalue weighted by molar-refractivity contribution is -0.197. The van der Waals surface area contributed by atoms with Crippen molar-refractivity contribution in [2.45, 2.75) is 57.7 Å². The van der Waals surface area contributed by atoms with Gasteiger partial charge in [-0.3, -0.25) is 0 Å². The van der Waals surface area contributed by atoms with Crippen molar-refractivity contribution < 1.29 is 18.3 Å². The van der Waals surface area contributed by atoms with E-state index in [1.807, 2.05) is 0 Å². The molecule has 2 unspecified atom stereocenters. The summed E-state index contributed by atoms with van der Waals surface area (Å²) in [5.74, 6) is -1.27. The van der Waals surface area contributed by atoms with Crippen molar-refractivity contribution in [2.24, 2.45) is 17.1 Å². The Labute approximate surface area is 100 Å². The van der Waals surface area contributed by atoms with E-state index in [2.05, 4.69) is 0 Å². The zero-order chi connectivity index (χ0) is 13.3. The van der Waals surface area contributed by atoms with Crippen molar-refractivity contribution >= 4 is 0 Å². The van der Waals surface area contributed by atoms with Crippen LogP contribution in [0.15, 0.2) is 0 Å². The van der Waals surface area contributed by atoms with Crippen molar-refractivity contribution in [3.8, 4) is 0 Å². The van der Waals surface area contributed by atoms with Crippen LogP contribution in [0.5, 0.6) is 0 Å². The van der Waals surface area contributed by atoms with E-state index in [-0.39, 0.29) is 19.4 Å². The molecule has 1 aliphatic rings. The Morgan fingerprint density at radius 2 is 1.94 bits per heavy atom. The Bertz CT molecular complexity index is 255. The molecule has 0 amide bonds. The number of rotatable bonds is 3. The molecule has 1 rings (SSSR count). The van der Waals surface area contributed by atoms with Crippen molar-refractivity contribution in [3.63, 3.8) is 0 Å². The van der Waals surface area contributed by atoms with Gasteiger partial charge in [0.1, 0.15) is 0 Å². The summed E-state index contributed by atoms with van der Waals surface area (Å²) in [6, 6.07) is 0. The van der Waals surface area contributed by atoms with Crippen molar-refractivity contribution in [1.29, 1.82) is 0 Å². The highest BCUT2D eigenvalue weighted by atomic mass is 19.4. The molecule has 0 aromatic carbocycles. The Hall–Kier alpha value is -0.290. The summed E-state index contributed by atoms with van der Waals surface area (Å²) in [6.07, 6.45) is -2.36. The molecule has 0 aromatic rings. The first kappa shape index (κ1) is 14.8. The van der Waals surface area contributed by atoms with E-state index >= 15 is 0 Å². The summed E-state index contributed by atoms with van der Waals surface area (Å²) in [7, 11) is 0. The largest absolute Gasteiger partial charge is 0.396 e. The highest BCUT2D eigenvalue weighted by Crippen LogP contribution is 2.52. The SMILES string of the molecule is CC(C)(N)C1(CCO)CCCC(C(F)(F)F)C1. The first-order valence-electron chi connectivity index (χ1n) is 6.09. The van der Waals surface area contributed by atoms with Gasteiger partial charge in [-0.25, -0.2) is 0 Å². The van der Waals surface area contributed by atoms with Crippen LogP contribution in [0.4, 0.5) is 13.2 Å². The third-order valence-corrected chi connectivity index (χ3v) is 4.27. The fraction of sp³-hybridized carbons (Fsp3) is 1.00. The molecule has 1 aliphatic carbocycles. The summed E-state index contributed by atoms with van der Waals surface area (Å²) >= 11 is 0. The molecule has 2 atom stereocenters. The molecular formula is C12H22F3NO. The molecule has 0 aliphatic heterocycles. The first-order chi connectivity index (χ1) is 7.62. The van der Waals surface area contributed by atoms with Gasteiger partial charge in [0.15, 0.2) is 0 Å². The van der Waals surface area contributed by atoms with Crippen LogP contribution in [0.2, 0.25) is 0 Å². The molecule has 102 valence electrons. The maximum Gasteiger partial charge on any atom is 0.391 e. The minimum absolute atomic E-state index is 0.0422. The van der Waals surface area contributed by atoms with Gasteiger partial charge >= 0.3 is 6.18 Å². The van der Waals surface area contributed by atoms with Gasteiger partial charge in [0.05, 0.1) is 5.92 Å². The minimum atomic E-state index is -4.15. The molecule has 0 saturated heterocycles. The fourth-order valence-electron chi connectivity index (χ4n) is 2.99. The lowest BCUT2D eigenvalue weighted by Crippen LogP contribution is -2.54. The molecule has 0 heterocycles. The zero-order valence-corrected chi connectivity index (χ0v) is 10.5. The second kappa shape index (κ2) is 4.76. The van der Waals surface area contributed by atoms with E-state index in [9.17, 15) is 13.2 Å². The summed E-state index contributed by atoms with van der Waals surface area (Å²) in [5, 5.41) is 9.10. The van der Waals surface area contributed by atoms with Gasteiger partial charge in [-0.15, -0.1) is 0 Å². The van der Waals surface area contributed by atoms with Crippen LogP contribution in [0.3, 0.4) is 0 Å². The molecule has 17 heavy (non-hydrogen) atoms. The molecule has 1 fully saturated rings. The lowest BCUT2D eigenvalue weighted by atomic mass is 9.59. The number of alkyl halides is 3. The standard InChI is InChI=1S/C12H22F3NO/c1-10(2,16)11(6-7-17)5-3-4-9(8-11)12(13,14)15/h9,17H,3-8,16H2,1-2H3. The van der Waals surface area contributed by atoms with E-state index in [0.29, 0.717) is 19.3 Å². The smallest absolute Gasteiger partial charge is 0.391 e. The maximum atomic E-state index is 12.8. The summed E-state index contributed by atoms with van der Waals surface area (Å²) < 4.78 is 38.4. The van der Waals surface area contributed by atoms with Gasteiger partial charge in [0, 0.05) is 12.1 Å². The first-order valence-corrected chi connectivity index (χ1v) is 6.09. The molecule has 0 spiro atoms. The maximum absolute atomic E-state index is 12.8. The number of aliphatic hydroxyl groups is 1. The van der Waals surface area contributed by atoms with Crippen LogP contribution >= 0.6 is 0 Å². The van der Waals surface area contributed by atoms with Crippen molar-refractivity contribution in [2.75, 3.05) is 6.61 Å². The monoisotopic (exact) mass is 253 g/mol. The van der Waals surface area contributed by atoms with E-state index in [1.54, 1.807) is 13.8 Å². The average molecular weight is 253 g/mol. The quantitative estimate of drug-likeness (QED) is 0.812. The van der Waals surface area contributed by atoms with Crippen LogP contribution in [0.25, 0.3) is 0 Å². The van der Waals surface area contributed by atoms with E-state index < -0.39 is 23.0 Å². The fourth-order valence-corrected chi connectivity index (χ4v) is 2.99. The predicted octanol–water partition coefficient (Wildman–Crippen LogP) is 2.85. The lowest BCUT2D eigenvalue weighted by Gasteiger charge is -2.49. The van der Waals surface area contributed by atoms with Gasteiger partial charge in [-0.1, -0.05) is 6.42 Å². The Morgan fingerprint density at radius 1 is 1.35 bits per heavy atom. The third kappa shape index (κ3) is 3.13. The Kier molecular flexibility index (Phi) is 4.14. The predicted molar refractivity (Wildman–Crippen MR) is 60.4 cm³/mol. The number of nitrogens with two attached hydrogens (primary N) is 1. The Balaban J connectivity index is 2.92. The van der Waals surface area contributed by atoms with E-state index in [4.69, 9.17) is 10.8 Å². The van der Waals surface area contributed by atoms with Gasteiger partial charge in [0.25, 0.3) is 0 Å². The number of halogens is 3.